The van der Waals surface area contributed by atoms with Gasteiger partial charge in [-0.2, -0.15) is 0 Å². The van der Waals surface area contributed by atoms with Crippen molar-refractivity contribution in [2.24, 2.45) is 0 Å². The first-order valence-corrected chi connectivity index (χ1v) is 7.40. The number of hydrogen-bond acceptors (Lipinski definition) is 2. The molecular weight excluding hydrogens is 292 g/mol. The fraction of sp³-hybridized carbons (Fsp3) is 0.222. The van der Waals surface area contributed by atoms with Gasteiger partial charge in [-0.05, 0) is 36.6 Å². The smallest absolute Gasteiger partial charge is 0.352 e. The summed E-state index contributed by atoms with van der Waals surface area (Å²) in [4.78, 5) is 26.3. The highest BCUT2D eigenvalue weighted by Gasteiger charge is 2.20. The second kappa shape index (κ2) is 6.96. The van der Waals surface area contributed by atoms with Crippen molar-refractivity contribution in [2.75, 3.05) is 5.32 Å². The van der Waals surface area contributed by atoms with Gasteiger partial charge >= 0.3 is 5.97 Å². The number of anilines is 1. The molecule has 0 saturated carbocycles. The Kier molecular flexibility index (Phi) is 5.01. The van der Waals surface area contributed by atoms with Gasteiger partial charge in [0, 0.05) is 23.0 Å². The first-order chi connectivity index (χ1) is 10.9. The van der Waals surface area contributed by atoms with E-state index in [0.717, 1.165) is 11.3 Å². The van der Waals surface area contributed by atoms with Gasteiger partial charge in [0.05, 0.1) is 0 Å². The largest absolute Gasteiger partial charge is 0.477 e. The fourth-order valence-electron chi connectivity index (χ4n) is 2.61. The molecule has 0 aliphatic carbocycles. The molecule has 0 saturated heterocycles. The SMILES string of the molecule is Cc1[nH]c(C(=O)O)c(/C=C/C(=O)Nc2ccccc2)c1C(C)C. The molecule has 23 heavy (non-hydrogen) atoms. The number of aryl methyl sites for hydroxylation is 1. The predicted octanol–water partition coefficient (Wildman–Crippen LogP) is 3.80. The normalized spacial score (nSPS) is 11.1. The zero-order chi connectivity index (χ0) is 17.0. The van der Waals surface area contributed by atoms with Crippen LogP contribution >= 0.6 is 0 Å². The highest BCUT2D eigenvalue weighted by molar-refractivity contribution is 6.03. The summed E-state index contributed by atoms with van der Waals surface area (Å²) in [6, 6.07) is 9.09. The van der Waals surface area contributed by atoms with Crippen LogP contribution in [-0.2, 0) is 4.79 Å². The number of aromatic carboxylic acids is 1. The minimum atomic E-state index is -1.04. The molecule has 0 spiro atoms. The maximum Gasteiger partial charge on any atom is 0.352 e. The van der Waals surface area contributed by atoms with Crippen molar-refractivity contribution in [3.8, 4) is 0 Å². The molecule has 5 heteroatoms. The minimum Gasteiger partial charge on any atom is -0.477 e. The van der Waals surface area contributed by atoms with Crippen molar-refractivity contribution in [3.05, 3.63) is 58.9 Å². The lowest BCUT2D eigenvalue weighted by molar-refractivity contribution is -0.111. The number of H-pyrrole nitrogens is 1. The van der Waals surface area contributed by atoms with Crippen molar-refractivity contribution in [3.63, 3.8) is 0 Å². The Morgan fingerprint density at radius 1 is 1.22 bits per heavy atom. The van der Waals surface area contributed by atoms with Crippen LogP contribution in [0.1, 0.15) is 47.1 Å². The van der Waals surface area contributed by atoms with Gasteiger partial charge in [-0.1, -0.05) is 32.0 Å². The summed E-state index contributed by atoms with van der Waals surface area (Å²) < 4.78 is 0. The molecule has 2 rings (SSSR count). The molecule has 120 valence electrons. The summed E-state index contributed by atoms with van der Waals surface area (Å²) in [6.07, 6.45) is 2.91. The van der Waals surface area contributed by atoms with Gasteiger partial charge in [-0.15, -0.1) is 0 Å². The molecule has 1 aromatic carbocycles. The number of carbonyl (C=O) groups is 2. The van der Waals surface area contributed by atoms with Gasteiger partial charge in [0.1, 0.15) is 5.69 Å². The summed E-state index contributed by atoms with van der Waals surface area (Å²) in [5, 5.41) is 12.1. The van der Waals surface area contributed by atoms with Crippen LogP contribution < -0.4 is 5.32 Å². The molecule has 0 bridgehead atoms. The van der Waals surface area contributed by atoms with Gasteiger partial charge in [0.25, 0.3) is 0 Å². The average molecular weight is 312 g/mol. The fourth-order valence-corrected chi connectivity index (χ4v) is 2.61. The van der Waals surface area contributed by atoms with E-state index in [0.29, 0.717) is 11.3 Å². The van der Waals surface area contributed by atoms with Gasteiger partial charge in [-0.25, -0.2) is 4.79 Å². The maximum atomic E-state index is 12.0. The molecule has 3 N–H and O–H groups in total. The Hall–Kier alpha value is -2.82. The molecule has 0 unspecified atom stereocenters. The Bertz CT molecular complexity index is 743. The van der Waals surface area contributed by atoms with Gasteiger partial charge < -0.3 is 15.4 Å². The Morgan fingerprint density at radius 3 is 2.43 bits per heavy atom. The van der Waals surface area contributed by atoms with Gasteiger partial charge in [-0.3, -0.25) is 4.79 Å². The highest BCUT2D eigenvalue weighted by Crippen LogP contribution is 2.27. The molecule has 1 aromatic heterocycles. The van der Waals surface area contributed by atoms with Gasteiger partial charge in [0.2, 0.25) is 5.91 Å². The van der Waals surface area contributed by atoms with E-state index < -0.39 is 5.97 Å². The molecular formula is C18H20N2O3. The van der Waals surface area contributed by atoms with Crippen LogP contribution in [0.25, 0.3) is 6.08 Å². The van der Waals surface area contributed by atoms with Crippen molar-refractivity contribution >= 4 is 23.6 Å². The van der Waals surface area contributed by atoms with E-state index in [1.54, 1.807) is 18.2 Å². The van der Waals surface area contributed by atoms with E-state index in [-0.39, 0.29) is 17.5 Å². The number of aromatic nitrogens is 1. The van der Waals surface area contributed by atoms with Crippen LogP contribution in [0.3, 0.4) is 0 Å². The number of carboxylic acids is 1. The standard InChI is InChI=1S/C18H20N2O3/c1-11(2)16-12(3)19-17(18(22)23)14(16)9-10-15(21)20-13-7-5-4-6-8-13/h4-11,19H,1-3H3,(H,20,21)(H,22,23)/b10-9+. The lowest BCUT2D eigenvalue weighted by Crippen LogP contribution is -2.08. The summed E-state index contributed by atoms with van der Waals surface area (Å²) in [7, 11) is 0. The number of rotatable bonds is 5. The zero-order valence-corrected chi connectivity index (χ0v) is 13.4. The van der Waals surface area contributed by atoms with Crippen LogP contribution in [0, 0.1) is 6.92 Å². The Morgan fingerprint density at radius 2 is 1.87 bits per heavy atom. The van der Waals surface area contributed by atoms with Crippen LogP contribution in [0.5, 0.6) is 0 Å². The Labute approximate surface area is 135 Å². The van der Waals surface area contributed by atoms with E-state index in [9.17, 15) is 14.7 Å². The number of hydrogen-bond donors (Lipinski definition) is 3. The van der Waals surface area contributed by atoms with E-state index in [4.69, 9.17) is 0 Å². The first-order valence-electron chi connectivity index (χ1n) is 7.40. The van der Waals surface area contributed by atoms with Crippen molar-refractivity contribution < 1.29 is 14.7 Å². The van der Waals surface area contributed by atoms with E-state index in [2.05, 4.69) is 10.3 Å². The molecule has 0 fully saturated rings. The molecule has 1 heterocycles. The summed E-state index contributed by atoms with van der Waals surface area (Å²) in [5.41, 5.74) is 3.06. The average Bonchev–Trinajstić information content (AvgIpc) is 2.83. The van der Waals surface area contributed by atoms with E-state index in [1.165, 1.54) is 6.08 Å². The van der Waals surface area contributed by atoms with E-state index in [1.807, 2.05) is 39.0 Å². The zero-order valence-electron chi connectivity index (χ0n) is 13.4. The topological polar surface area (TPSA) is 82.2 Å². The number of amides is 1. The number of aromatic amines is 1. The third kappa shape index (κ3) is 3.88. The van der Waals surface area contributed by atoms with Crippen LogP contribution in [0.15, 0.2) is 36.4 Å². The maximum absolute atomic E-state index is 12.0. The number of para-hydroxylation sites is 1. The molecule has 0 atom stereocenters. The van der Waals surface area contributed by atoms with Crippen LogP contribution in [0.2, 0.25) is 0 Å². The van der Waals surface area contributed by atoms with Gasteiger partial charge in [0.15, 0.2) is 0 Å². The van der Waals surface area contributed by atoms with Crippen molar-refractivity contribution in [2.45, 2.75) is 26.7 Å². The quantitative estimate of drug-likeness (QED) is 0.734. The summed E-state index contributed by atoms with van der Waals surface area (Å²) in [6.45, 7) is 5.82. The van der Waals surface area contributed by atoms with Crippen molar-refractivity contribution in [1.82, 2.24) is 4.98 Å². The molecule has 0 aliphatic rings. The second-order valence-electron chi connectivity index (χ2n) is 5.60. The number of nitrogens with one attached hydrogen (secondary N) is 2. The first kappa shape index (κ1) is 16.5. The monoisotopic (exact) mass is 312 g/mol. The molecule has 5 nitrogen and oxygen atoms in total. The molecule has 2 aromatic rings. The molecule has 1 amide bonds. The molecule has 0 aliphatic heterocycles. The number of carboxylic acid groups (broad SMARTS) is 1. The lowest BCUT2D eigenvalue weighted by Gasteiger charge is -2.06. The third-order valence-electron chi connectivity index (χ3n) is 3.51. The van der Waals surface area contributed by atoms with Crippen molar-refractivity contribution in [1.29, 1.82) is 0 Å². The number of benzene rings is 1. The highest BCUT2D eigenvalue weighted by atomic mass is 16.4. The number of carbonyl (C=O) groups excluding carboxylic acids is 1. The summed E-state index contributed by atoms with van der Waals surface area (Å²) in [5.74, 6) is -1.19. The van der Waals surface area contributed by atoms with Crippen LogP contribution in [0.4, 0.5) is 5.69 Å². The minimum absolute atomic E-state index is 0.106. The van der Waals surface area contributed by atoms with Crippen LogP contribution in [-0.4, -0.2) is 22.0 Å². The summed E-state index contributed by atoms with van der Waals surface area (Å²) >= 11 is 0. The predicted molar refractivity (Wildman–Crippen MR) is 90.7 cm³/mol. The van der Waals surface area contributed by atoms with E-state index >= 15 is 0 Å². The lowest BCUT2D eigenvalue weighted by atomic mass is 9.97. The Balaban J connectivity index is 2.28. The molecule has 0 radical (unpaired) electrons. The third-order valence-corrected chi connectivity index (χ3v) is 3.51. The second-order valence-corrected chi connectivity index (χ2v) is 5.60.